The zero-order valence-corrected chi connectivity index (χ0v) is 10.7. The monoisotopic (exact) mass is 234 g/mol. The fraction of sp³-hybridized carbons (Fsp3) is 0.462. The van der Waals surface area contributed by atoms with Gasteiger partial charge in [-0.25, -0.2) is 0 Å². The Morgan fingerprint density at radius 1 is 1.35 bits per heavy atom. The lowest BCUT2D eigenvalue weighted by Crippen LogP contribution is -2.15. The number of esters is 1. The fourth-order valence-corrected chi connectivity index (χ4v) is 1.39. The van der Waals surface area contributed by atoms with Crippen molar-refractivity contribution in [2.24, 2.45) is 0 Å². The van der Waals surface area contributed by atoms with E-state index in [0.29, 0.717) is 19.6 Å². The Morgan fingerprint density at radius 3 is 2.59 bits per heavy atom. The third-order valence-corrected chi connectivity index (χ3v) is 2.53. The third-order valence-electron chi connectivity index (χ3n) is 2.53. The highest BCUT2D eigenvalue weighted by Gasteiger charge is 2.13. The Kier molecular flexibility index (Phi) is 5.60. The first-order valence-electron chi connectivity index (χ1n) is 5.99. The van der Waals surface area contributed by atoms with Crippen molar-refractivity contribution in [1.82, 2.24) is 0 Å². The van der Waals surface area contributed by atoms with E-state index >= 15 is 0 Å². The first-order chi connectivity index (χ1) is 8.13. The lowest BCUT2D eigenvalue weighted by molar-refractivity contribution is -0.143. The van der Waals surface area contributed by atoms with Crippen LogP contribution in [-0.2, 0) is 9.53 Å². The first kappa shape index (κ1) is 13.6. The van der Waals surface area contributed by atoms with Crippen LogP contribution in [0.25, 0.3) is 0 Å². The van der Waals surface area contributed by atoms with Crippen LogP contribution in [0.15, 0.2) is 24.3 Å². The van der Waals surface area contributed by atoms with Crippen molar-refractivity contribution in [2.45, 2.75) is 26.1 Å². The molecule has 0 fully saturated rings. The number of aryl methyl sites for hydroxylation is 1. The lowest BCUT2D eigenvalue weighted by Gasteiger charge is -2.11. The van der Waals surface area contributed by atoms with Gasteiger partial charge in [0.05, 0.1) is 13.2 Å². The highest BCUT2D eigenvalue weighted by atomic mass is 16.5. The number of rotatable bonds is 6. The molecule has 1 unspecified atom stereocenters. The molecule has 0 amide bonds. The molecule has 0 aliphatic heterocycles. The van der Waals surface area contributed by atoms with E-state index in [1.165, 1.54) is 5.56 Å². The molecule has 17 heavy (non-hydrogen) atoms. The van der Waals surface area contributed by atoms with E-state index in [0.717, 1.165) is 5.75 Å². The van der Waals surface area contributed by atoms with E-state index in [4.69, 9.17) is 9.47 Å². The van der Waals surface area contributed by atoms with Gasteiger partial charge in [-0.15, -0.1) is 0 Å². The number of carbonyl (C=O) groups excluding carboxylic acids is 1. The van der Waals surface area contributed by atoms with Gasteiger partial charge in [0.1, 0.15) is 13.6 Å². The Morgan fingerprint density at radius 2 is 2.00 bits per heavy atom. The minimum Gasteiger partial charge on any atom is -0.494 e. The molecule has 1 rings (SSSR count). The molecule has 0 spiro atoms. The average Bonchev–Trinajstić information content (AvgIpc) is 2.32. The highest BCUT2D eigenvalue weighted by Crippen LogP contribution is 2.14. The van der Waals surface area contributed by atoms with Crippen LogP contribution in [0.4, 0.5) is 0 Å². The SMILES string of the molecule is BC(CCOc1ccc(C)cc1)C(=O)OCC. The van der Waals surface area contributed by atoms with E-state index in [9.17, 15) is 4.79 Å². The summed E-state index contributed by atoms with van der Waals surface area (Å²) < 4.78 is 10.5. The summed E-state index contributed by atoms with van der Waals surface area (Å²) in [5, 5.41) is 0. The molecular weight excluding hydrogens is 215 g/mol. The van der Waals surface area contributed by atoms with E-state index in [1.54, 1.807) is 0 Å². The molecule has 0 aromatic heterocycles. The van der Waals surface area contributed by atoms with Gasteiger partial charge in [-0.2, -0.15) is 0 Å². The molecule has 1 atom stereocenters. The van der Waals surface area contributed by atoms with E-state index in [1.807, 2.05) is 46.0 Å². The van der Waals surface area contributed by atoms with Crippen molar-refractivity contribution in [3.8, 4) is 5.75 Å². The molecule has 0 aliphatic rings. The van der Waals surface area contributed by atoms with Gasteiger partial charge >= 0.3 is 5.97 Å². The van der Waals surface area contributed by atoms with Crippen molar-refractivity contribution in [1.29, 1.82) is 0 Å². The summed E-state index contributed by atoms with van der Waals surface area (Å²) in [5.41, 5.74) is 1.21. The minimum atomic E-state index is -0.153. The molecule has 1 aromatic carbocycles. The van der Waals surface area contributed by atoms with Crippen molar-refractivity contribution in [3.63, 3.8) is 0 Å². The van der Waals surface area contributed by atoms with Gasteiger partial charge in [-0.05, 0) is 32.4 Å². The van der Waals surface area contributed by atoms with Crippen LogP contribution in [-0.4, -0.2) is 27.0 Å². The zero-order chi connectivity index (χ0) is 12.7. The minimum absolute atomic E-state index is 0.111. The maximum atomic E-state index is 11.4. The third kappa shape index (κ3) is 4.94. The number of ether oxygens (including phenoxy) is 2. The summed E-state index contributed by atoms with van der Waals surface area (Å²) in [6.07, 6.45) is 0.673. The van der Waals surface area contributed by atoms with Crippen LogP contribution in [0.1, 0.15) is 18.9 Å². The molecule has 0 aliphatic carbocycles. The first-order valence-corrected chi connectivity index (χ1v) is 5.99. The largest absolute Gasteiger partial charge is 0.494 e. The maximum Gasteiger partial charge on any atom is 0.300 e. The summed E-state index contributed by atoms with van der Waals surface area (Å²) in [4.78, 5) is 11.4. The topological polar surface area (TPSA) is 35.5 Å². The molecule has 0 saturated heterocycles. The second-order valence-electron chi connectivity index (χ2n) is 4.10. The Hall–Kier alpha value is -1.45. The summed E-state index contributed by atoms with van der Waals surface area (Å²) in [6.45, 7) is 4.81. The van der Waals surface area contributed by atoms with Crippen molar-refractivity contribution >= 4 is 13.8 Å². The summed E-state index contributed by atoms with van der Waals surface area (Å²) in [6, 6.07) is 7.88. The molecule has 3 nitrogen and oxygen atoms in total. The molecule has 0 heterocycles. The molecule has 4 heteroatoms. The summed E-state index contributed by atoms with van der Waals surface area (Å²) in [7, 11) is 1.86. The zero-order valence-electron chi connectivity index (χ0n) is 10.7. The van der Waals surface area contributed by atoms with Crippen LogP contribution in [0.5, 0.6) is 5.75 Å². The van der Waals surface area contributed by atoms with Crippen molar-refractivity contribution in [2.75, 3.05) is 13.2 Å². The van der Waals surface area contributed by atoms with E-state index in [2.05, 4.69) is 0 Å². The summed E-state index contributed by atoms with van der Waals surface area (Å²) >= 11 is 0. The fourth-order valence-electron chi connectivity index (χ4n) is 1.39. The predicted octanol–water partition coefficient (Wildman–Crippen LogP) is 1.75. The number of hydrogen-bond donors (Lipinski definition) is 0. The standard InChI is InChI=1S/C13H19BO3/c1-3-16-13(15)12(14)8-9-17-11-6-4-10(2)5-7-11/h4-7,12H,3,8-9,14H2,1-2H3. The number of hydrogen-bond acceptors (Lipinski definition) is 3. The van der Waals surface area contributed by atoms with Gasteiger partial charge in [-0.1, -0.05) is 17.7 Å². The quantitative estimate of drug-likeness (QED) is 0.555. The van der Waals surface area contributed by atoms with Crippen molar-refractivity contribution < 1.29 is 14.3 Å². The predicted molar refractivity (Wildman–Crippen MR) is 70.2 cm³/mol. The van der Waals surface area contributed by atoms with Crippen LogP contribution < -0.4 is 4.74 Å². The normalized spacial score (nSPS) is 11.9. The van der Waals surface area contributed by atoms with Crippen LogP contribution in [0, 0.1) is 6.92 Å². The molecular formula is C13H19BO3. The van der Waals surface area contributed by atoms with Crippen LogP contribution >= 0.6 is 0 Å². The number of benzene rings is 1. The van der Waals surface area contributed by atoms with Crippen LogP contribution in [0.3, 0.4) is 0 Å². The maximum absolute atomic E-state index is 11.4. The van der Waals surface area contributed by atoms with Gasteiger partial charge in [0, 0.05) is 5.82 Å². The van der Waals surface area contributed by atoms with E-state index in [-0.39, 0.29) is 11.8 Å². The Labute approximate surface area is 104 Å². The van der Waals surface area contributed by atoms with Gasteiger partial charge in [-0.3, -0.25) is 4.79 Å². The smallest absolute Gasteiger partial charge is 0.300 e. The van der Waals surface area contributed by atoms with Crippen LogP contribution in [0.2, 0.25) is 5.82 Å². The number of carbonyl (C=O) groups is 1. The summed E-state index contributed by atoms with van der Waals surface area (Å²) in [5.74, 6) is 0.576. The second kappa shape index (κ2) is 6.99. The second-order valence-corrected chi connectivity index (χ2v) is 4.10. The van der Waals surface area contributed by atoms with Gasteiger partial charge in [0.2, 0.25) is 0 Å². The van der Waals surface area contributed by atoms with E-state index < -0.39 is 0 Å². The molecule has 92 valence electrons. The van der Waals surface area contributed by atoms with Gasteiger partial charge < -0.3 is 9.47 Å². The molecule has 0 radical (unpaired) electrons. The lowest BCUT2D eigenvalue weighted by atomic mass is 9.85. The highest BCUT2D eigenvalue weighted by molar-refractivity contribution is 6.22. The van der Waals surface area contributed by atoms with Gasteiger partial charge in [0.15, 0.2) is 0 Å². The molecule has 0 saturated carbocycles. The Bertz CT molecular complexity index is 348. The van der Waals surface area contributed by atoms with Gasteiger partial charge in [0.25, 0.3) is 0 Å². The molecule has 0 N–H and O–H groups in total. The Balaban J connectivity index is 2.27. The van der Waals surface area contributed by atoms with Crippen molar-refractivity contribution in [3.05, 3.63) is 29.8 Å². The average molecular weight is 234 g/mol. The molecule has 1 aromatic rings. The molecule has 0 bridgehead atoms.